The lowest BCUT2D eigenvalue weighted by Gasteiger charge is -2.18. The molecule has 0 saturated carbocycles. The second kappa shape index (κ2) is 8.34. The van der Waals surface area contributed by atoms with E-state index < -0.39 is 9.84 Å². The Labute approximate surface area is 120 Å². The molecule has 6 heteroatoms. The fourth-order valence-electron chi connectivity index (χ4n) is 1.98. The highest BCUT2D eigenvalue weighted by molar-refractivity contribution is 7.90. The van der Waals surface area contributed by atoms with Crippen LogP contribution in [-0.2, 0) is 14.6 Å². The molecule has 114 valence electrons. The first kappa shape index (κ1) is 17.1. The molecule has 0 heterocycles. The maximum Gasteiger partial charge on any atom is 0.147 e. The number of sulfone groups is 1. The van der Waals surface area contributed by atoms with E-state index in [0.717, 1.165) is 0 Å². The lowest BCUT2D eigenvalue weighted by atomic mass is 9.96. The Morgan fingerprint density at radius 1 is 1.35 bits per heavy atom. The summed E-state index contributed by atoms with van der Waals surface area (Å²) in [6.45, 7) is 1.75. The first-order valence-corrected chi connectivity index (χ1v) is 8.62. The molecule has 1 N–H and O–H groups in total. The van der Waals surface area contributed by atoms with E-state index in [-0.39, 0.29) is 17.5 Å². The first-order valence-electron chi connectivity index (χ1n) is 6.56. The molecule has 0 aliphatic heterocycles. The van der Waals surface area contributed by atoms with Gasteiger partial charge >= 0.3 is 0 Å². The van der Waals surface area contributed by atoms with E-state index in [4.69, 9.17) is 4.74 Å². The third kappa shape index (κ3) is 6.45. The summed E-state index contributed by atoms with van der Waals surface area (Å²) in [5.41, 5.74) is 0.557. The van der Waals surface area contributed by atoms with Gasteiger partial charge in [-0.15, -0.1) is 0 Å². The number of methoxy groups -OCH3 is 1. The van der Waals surface area contributed by atoms with Gasteiger partial charge in [-0.3, -0.25) is 0 Å². The molecule has 0 saturated heterocycles. The van der Waals surface area contributed by atoms with E-state index in [2.05, 4.69) is 5.32 Å². The van der Waals surface area contributed by atoms with Gasteiger partial charge in [0.05, 0.1) is 12.4 Å². The Morgan fingerprint density at radius 3 is 2.65 bits per heavy atom. The van der Waals surface area contributed by atoms with Crippen molar-refractivity contribution in [3.05, 3.63) is 35.6 Å². The molecule has 1 unspecified atom stereocenters. The zero-order chi connectivity index (χ0) is 15.0. The largest absolute Gasteiger partial charge is 0.383 e. The van der Waals surface area contributed by atoms with E-state index >= 15 is 0 Å². The summed E-state index contributed by atoms with van der Waals surface area (Å²) in [5.74, 6) is -0.403. The topological polar surface area (TPSA) is 55.4 Å². The van der Waals surface area contributed by atoms with E-state index in [1.165, 1.54) is 12.3 Å². The molecule has 1 rings (SSSR count). The van der Waals surface area contributed by atoms with Crippen molar-refractivity contribution in [3.8, 4) is 0 Å². The predicted molar refractivity (Wildman–Crippen MR) is 78.2 cm³/mol. The fraction of sp³-hybridized carbons (Fsp3) is 0.571. The molecule has 0 aliphatic rings. The van der Waals surface area contributed by atoms with Crippen LogP contribution in [0.3, 0.4) is 0 Å². The number of hydrogen-bond acceptors (Lipinski definition) is 4. The van der Waals surface area contributed by atoms with Crippen LogP contribution >= 0.6 is 0 Å². The van der Waals surface area contributed by atoms with Gasteiger partial charge in [-0.1, -0.05) is 18.2 Å². The summed E-state index contributed by atoms with van der Waals surface area (Å²) in [4.78, 5) is 0. The van der Waals surface area contributed by atoms with Gasteiger partial charge in [-0.2, -0.15) is 0 Å². The second-order valence-electron chi connectivity index (χ2n) is 4.83. The maximum atomic E-state index is 13.8. The molecule has 0 amide bonds. The summed E-state index contributed by atoms with van der Waals surface area (Å²) in [6.07, 6.45) is 1.60. The summed E-state index contributed by atoms with van der Waals surface area (Å²) >= 11 is 0. The van der Waals surface area contributed by atoms with E-state index in [0.29, 0.717) is 31.7 Å². The van der Waals surface area contributed by atoms with Crippen LogP contribution in [0.2, 0.25) is 0 Å². The number of benzene rings is 1. The van der Waals surface area contributed by atoms with Gasteiger partial charge in [-0.05, 0) is 18.1 Å². The Kier molecular flexibility index (Phi) is 7.12. The maximum absolute atomic E-state index is 13.8. The van der Waals surface area contributed by atoms with E-state index in [9.17, 15) is 12.8 Å². The van der Waals surface area contributed by atoms with Gasteiger partial charge in [-0.25, -0.2) is 12.8 Å². The number of hydrogen-bond donors (Lipinski definition) is 1. The van der Waals surface area contributed by atoms with Crippen molar-refractivity contribution < 1.29 is 17.5 Å². The Hall–Kier alpha value is -0.980. The minimum absolute atomic E-state index is 0.0535. The van der Waals surface area contributed by atoms with Crippen molar-refractivity contribution in [2.45, 2.75) is 12.3 Å². The molecule has 0 bridgehead atoms. The lowest BCUT2D eigenvalue weighted by Crippen LogP contribution is -2.26. The molecule has 1 aromatic carbocycles. The van der Waals surface area contributed by atoms with Gasteiger partial charge in [0, 0.05) is 32.4 Å². The third-order valence-electron chi connectivity index (χ3n) is 3.06. The molecule has 1 aromatic rings. The number of nitrogens with one attached hydrogen (secondary N) is 1. The minimum atomic E-state index is -3.05. The first-order chi connectivity index (χ1) is 9.44. The molecular weight excluding hydrogens is 281 g/mol. The van der Waals surface area contributed by atoms with E-state index in [1.807, 2.05) is 0 Å². The lowest BCUT2D eigenvalue weighted by molar-refractivity contribution is 0.199. The predicted octanol–water partition coefficient (Wildman–Crippen LogP) is 1.58. The average Bonchev–Trinajstić information content (AvgIpc) is 2.38. The quantitative estimate of drug-likeness (QED) is 0.704. The summed E-state index contributed by atoms with van der Waals surface area (Å²) in [7, 11) is -1.44. The standard InChI is InChI=1S/C14H22FNO3S/c1-19-9-8-16-11-12(7-10-20(2,17)18)13-5-3-4-6-14(13)15/h3-6,12,16H,7-11H2,1-2H3. The van der Waals surface area contributed by atoms with Crippen molar-refractivity contribution in [1.82, 2.24) is 5.32 Å². The molecule has 0 aromatic heterocycles. The number of ether oxygens (including phenoxy) is 1. The highest BCUT2D eigenvalue weighted by Gasteiger charge is 2.17. The van der Waals surface area contributed by atoms with Crippen LogP contribution in [0.5, 0.6) is 0 Å². The van der Waals surface area contributed by atoms with Crippen molar-refractivity contribution in [2.75, 3.05) is 38.8 Å². The smallest absolute Gasteiger partial charge is 0.147 e. The number of halogens is 1. The molecule has 0 fully saturated rings. The van der Waals surface area contributed by atoms with E-state index in [1.54, 1.807) is 25.3 Å². The Balaban J connectivity index is 2.71. The van der Waals surface area contributed by atoms with Gasteiger partial charge < -0.3 is 10.1 Å². The molecule has 0 radical (unpaired) electrons. The third-order valence-corrected chi connectivity index (χ3v) is 4.03. The van der Waals surface area contributed by atoms with Gasteiger partial charge in [0.25, 0.3) is 0 Å². The normalized spacial score (nSPS) is 13.3. The second-order valence-corrected chi connectivity index (χ2v) is 7.09. The summed E-state index contributed by atoms with van der Waals surface area (Å²) in [6, 6.07) is 6.50. The Morgan fingerprint density at radius 2 is 2.05 bits per heavy atom. The molecular formula is C14H22FNO3S. The van der Waals surface area contributed by atoms with Gasteiger partial charge in [0.1, 0.15) is 15.7 Å². The average molecular weight is 303 g/mol. The number of rotatable bonds is 9. The molecule has 0 aliphatic carbocycles. The SMILES string of the molecule is COCCNCC(CCS(C)(=O)=O)c1ccccc1F. The van der Waals surface area contributed by atoms with Gasteiger partial charge in [0.2, 0.25) is 0 Å². The van der Waals surface area contributed by atoms with Crippen LogP contribution in [0.1, 0.15) is 17.9 Å². The summed E-state index contributed by atoms with van der Waals surface area (Å²) < 4.78 is 41.4. The van der Waals surface area contributed by atoms with Crippen molar-refractivity contribution in [3.63, 3.8) is 0 Å². The molecule has 1 atom stereocenters. The zero-order valence-electron chi connectivity index (χ0n) is 11.9. The van der Waals surface area contributed by atoms with Crippen LogP contribution in [0, 0.1) is 5.82 Å². The summed E-state index contributed by atoms with van der Waals surface area (Å²) in [5, 5.41) is 3.16. The fourth-order valence-corrected chi connectivity index (χ4v) is 2.69. The minimum Gasteiger partial charge on any atom is -0.383 e. The van der Waals surface area contributed by atoms with Crippen molar-refractivity contribution in [1.29, 1.82) is 0 Å². The van der Waals surface area contributed by atoms with Crippen molar-refractivity contribution in [2.24, 2.45) is 0 Å². The van der Waals surface area contributed by atoms with Gasteiger partial charge in [0.15, 0.2) is 0 Å². The van der Waals surface area contributed by atoms with Crippen molar-refractivity contribution >= 4 is 9.84 Å². The van der Waals surface area contributed by atoms with Crippen LogP contribution < -0.4 is 5.32 Å². The molecule has 4 nitrogen and oxygen atoms in total. The molecule has 0 spiro atoms. The molecule has 20 heavy (non-hydrogen) atoms. The highest BCUT2D eigenvalue weighted by Crippen LogP contribution is 2.22. The Bertz CT molecular complexity index is 505. The zero-order valence-corrected chi connectivity index (χ0v) is 12.7. The van der Waals surface area contributed by atoms with Crippen LogP contribution in [-0.4, -0.2) is 47.2 Å². The monoisotopic (exact) mass is 303 g/mol. The van der Waals surface area contributed by atoms with Crippen LogP contribution in [0.4, 0.5) is 4.39 Å². The van der Waals surface area contributed by atoms with Crippen LogP contribution in [0.15, 0.2) is 24.3 Å². The highest BCUT2D eigenvalue weighted by atomic mass is 32.2. The van der Waals surface area contributed by atoms with Crippen LogP contribution in [0.25, 0.3) is 0 Å².